The zero-order valence-electron chi connectivity index (χ0n) is 13.4. The van der Waals surface area contributed by atoms with E-state index in [-0.39, 0.29) is 6.04 Å². The van der Waals surface area contributed by atoms with Crippen molar-refractivity contribution in [3.05, 3.63) is 47.3 Å². The van der Waals surface area contributed by atoms with Gasteiger partial charge in [-0.1, -0.05) is 19.1 Å². The van der Waals surface area contributed by atoms with Crippen molar-refractivity contribution >= 4 is 0 Å². The number of hydrogen-bond acceptors (Lipinski definition) is 3. The Kier molecular flexibility index (Phi) is 5.39. The number of rotatable bonds is 7. The highest BCUT2D eigenvalue weighted by Gasteiger charge is 2.09. The maximum absolute atomic E-state index is 5.28. The molecule has 2 rings (SSSR count). The quantitative estimate of drug-likeness (QED) is 0.849. The SMILES string of the molecule is CCc1cc(CN[C@@H](C)c2cccc(OC)c2)n(CC)n1. The van der Waals surface area contributed by atoms with Gasteiger partial charge < -0.3 is 10.1 Å². The van der Waals surface area contributed by atoms with Gasteiger partial charge in [0.2, 0.25) is 0 Å². The van der Waals surface area contributed by atoms with Crippen molar-refractivity contribution in [2.75, 3.05) is 7.11 Å². The lowest BCUT2D eigenvalue weighted by Gasteiger charge is -2.15. The molecule has 2 aromatic rings. The van der Waals surface area contributed by atoms with Crippen molar-refractivity contribution in [2.45, 2.75) is 46.3 Å². The fraction of sp³-hybridized carbons (Fsp3) is 0.471. The van der Waals surface area contributed by atoms with E-state index in [2.05, 4.69) is 54.1 Å². The number of methoxy groups -OCH3 is 1. The molecule has 1 N–H and O–H groups in total. The van der Waals surface area contributed by atoms with Crippen LogP contribution in [0.1, 0.15) is 43.8 Å². The van der Waals surface area contributed by atoms with Gasteiger partial charge in [0, 0.05) is 19.1 Å². The fourth-order valence-corrected chi connectivity index (χ4v) is 2.39. The molecule has 0 aliphatic heterocycles. The van der Waals surface area contributed by atoms with E-state index in [0.717, 1.165) is 31.0 Å². The van der Waals surface area contributed by atoms with Crippen molar-refractivity contribution in [3.8, 4) is 5.75 Å². The van der Waals surface area contributed by atoms with Crippen molar-refractivity contribution in [1.29, 1.82) is 0 Å². The second kappa shape index (κ2) is 7.27. The number of ether oxygens (including phenoxy) is 1. The summed E-state index contributed by atoms with van der Waals surface area (Å²) in [7, 11) is 1.70. The Bertz CT molecular complexity index is 577. The van der Waals surface area contributed by atoms with Crippen LogP contribution in [-0.4, -0.2) is 16.9 Å². The molecule has 114 valence electrons. The van der Waals surface area contributed by atoms with Crippen LogP contribution in [0.4, 0.5) is 0 Å². The fourth-order valence-electron chi connectivity index (χ4n) is 2.39. The van der Waals surface area contributed by atoms with E-state index >= 15 is 0 Å². The van der Waals surface area contributed by atoms with Gasteiger partial charge >= 0.3 is 0 Å². The first-order chi connectivity index (χ1) is 10.2. The lowest BCUT2D eigenvalue weighted by molar-refractivity contribution is 0.413. The van der Waals surface area contributed by atoms with E-state index in [1.807, 2.05) is 12.1 Å². The van der Waals surface area contributed by atoms with Crippen LogP contribution in [0.25, 0.3) is 0 Å². The molecular formula is C17H25N3O. The molecule has 1 aromatic carbocycles. The number of nitrogens with zero attached hydrogens (tertiary/aromatic N) is 2. The van der Waals surface area contributed by atoms with E-state index < -0.39 is 0 Å². The molecule has 4 heteroatoms. The van der Waals surface area contributed by atoms with Gasteiger partial charge in [-0.2, -0.15) is 5.10 Å². The average molecular weight is 287 g/mol. The summed E-state index contributed by atoms with van der Waals surface area (Å²) in [4.78, 5) is 0. The third-order valence-corrected chi connectivity index (χ3v) is 3.76. The topological polar surface area (TPSA) is 39.1 Å². The minimum Gasteiger partial charge on any atom is -0.497 e. The Hall–Kier alpha value is -1.81. The summed E-state index contributed by atoms with van der Waals surface area (Å²) < 4.78 is 7.35. The lowest BCUT2D eigenvalue weighted by Crippen LogP contribution is -2.20. The first-order valence-electron chi connectivity index (χ1n) is 7.60. The maximum Gasteiger partial charge on any atom is 0.119 e. The van der Waals surface area contributed by atoms with E-state index in [1.54, 1.807) is 7.11 Å². The summed E-state index contributed by atoms with van der Waals surface area (Å²) in [5, 5.41) is 8.14. The first kappa shape index (κ1) is 15.6. The van der Waals surface area contributed by atoms with Gasteiger partial charge in [0.15, 0.2) is 0 Å². The van der Waals surface area contributed by atoms with E-state index in [1.165, 1.54) is 11.3 Å². The molecule has 0 aliphatic rings. The van der Waals surface area contributed by atoms with Crippen LogP contribution in [0.2, 0.25) is 0 Å². The third kappa shape index (κ3) is 3.85. The standard InChI is InChI=1S/C17H25N3O/c1-5-15-11-16(20(6-2)19-15)12-18-13(3)14-8-7-9-17(10-14)21-4/h7-11,13,18H,5-6,12H2,1-4H3/t13-/m0/s1. The van der Waals surface area contributed by atoms with E-state index in [0.29, 0.717) is 0 Å². The number of nitrogens with one attached hydrogen (secondary N) is 1. The highest BCUT2D eigenvalue weighted by atomic mass is 16.5. The summed E-state index contributed by atoms with van der Waals surface area (Å²) in [5.74, 6) is 0.896. The van der Waals surface area contributed by atoms with Crippen LogP contribution in [0, 0.1) is 0 Å². The van der Waals surface area contributed by atoms with Crippen LogP contribution in [0.15, 0.2) is 30.3 Å². The molecule has 0 amide bonds. The molecule has 0 radical (unpaired) electrons. The highest BCUT2D eigenvalue weighted by molar-refractivity contribution is 5.30. The summed E-state index contributed by atoms with van der Waals surface area (Å²) >= 11 is 0. The molecule has 21 heavy (non-hydrogen) atoms. The molecule has 0 bridgehead atoms. The maximum atomic E-state index is 5.28. The van der Waals surface area contributed by atoms with Gasteiger partial charge in [-0.3, -0.25) is 4.68 Å². The zero-order chi connectivity index (χ0) is 15.2. The molecular weight excluding hydrogens is 262 g/mol. The van der Waals surface area contributed by atoms with Crippen molar-refractivity contribution < 1.29 is 4.74 Å². The number of benzene rings is 1. The van der Waals surface area contributed by atoms with Crippen molar-refractivity contribution in [1.82, 2.24) is 15.1 Å². The van der Waals surface area contributed by atoms with Crippen LogP contribution in [0.5, 0.6) is 5.75 Å². The van der Waals surface area contributed by atoms with Crippen LogP contribution >= 0.6 is 0 Å². The molecule has 1 heterocycles. The van der Waals surface area contributed by atoms with Crippen molar-refractivity contribution in [3.63, 3.8) is 0 Å². The minimum atomic E-state index is 0.269. The molecule has 1 atom stereocenters. The molecule has 0 spiro atoms. The molecule has 0 fully saturated rings. The molecule has 0 unspecified atom stereocenters. The van der Waals surface area contributed by atoms with Crippen molar-refractivity contribution in [2.24, 2.45) is 0 Å². The van der Waals surface area contributed by atoms with Crippen LogP contribution in [0.3, 0.4) is 0 Å². The van der Waals surface area contributed by atoms with Gasteiger partial charge in [0.25, 0.3) is 0 Å². The van der Waals surface area contributed by atoms with Gasteiger partial charge in [-0.05, 0) is 44.0 Å². The molecule has 0 aliphatic carbocycles. The Morgan fingerprint density at radius 3 is 2.76 bits per heavy atom. The molecule has 1 aromatic heterocycles. The van der Waals surface area contributed by atoms with Gasteiger partial charge in [0.1, 0.15) is 5.75 Å². The van der Waals surface area contributed by atoms with Gasteiger partial charge in [-0.15, -0.1) is 0 Å². The van der Waals surface area contributed by atoms with Crippen LogP contribution in [-0.2, 0) is 19.5 Å². The summed E-state index contributed by atoms with van der Waals surface area (Å²) in [6.07, 6.45) is 0.978. The normalized spacial score (nSPS) is 12.4. The highest BCUT2D eigenvalue weighted by Crippen LogP contribution is 2.19. The summed E-state index contributed by atoms with van der Waals surface area (Å²) in [5.41, 5.74) is 3.62. The zero-order valence-corrected chi connectivity index (χ0v) is 13.4. The Morgan fingerprint density at radius 1 is 1.29 bits per heavy atom. The number of hydrogen-bond donors (Lipinski definition) is 1. The molecule has 0 saturated carbocycles. The predicted octanol–water partition coefficient (Wildman–Crippen LogP) is 3.32. The number of aromatic nitrogens is 2. The van der Waals surface area contributed by atoms with E-state index in [4.69, 9.17) is 4.74 Å². The monoisotopic (exact) mass is 287 g/mol. The summed E-state index contributed by atoms with van der Waals surface area (Å²) in [6, 6.07) is 10.6. The molecule has 4 nitrogen and oxygen atoms in total. The van der Waals surface area contributed by atoms with Gasteiger partial charge in [-0.25, -0.2) is 0 Å². The Morgan fingerprint density at radius 2 is 2.10 bits per heavy atom. The summed E-state index contributed by atoms with van der Waals surface area (Å²) in [6.45, 7) is 8.16. The Labute approximate surface area is 127 Å². The minimum absolute atomic E-state index is 0.269. The third-order valence-electron chi connectivity index (χ3n) is 3.76. The average Bonchev–Trinajstić information content (AvgIpc) is 2.95. The lowest BCUT2D eigenvalue weighted by atomic mass is 10.1. The smallest absolute Gasteiger partial charge is 0.119 e. The second-order valence-corrected chi connectivity index (χ2v) is 5.18. The number of aryl methyl sites for hydroxylation is 2. The molecule has 0 saturated heterocycles. The largest absolute Gasteiger partial charge is 0.497 e. The first-order valence-corrected chi connectivity index (χ1v) is 7.60. The van der Waals surface area contributed by atoms with E-state index in [9.17, 15) is 0 Å². The predicted molar refractivity (Wildman–Crippen MR) is 85.5 cm³/mol. The second-order valence-electron chi connectivity index (χ2n) is 5.18. The van der Waals surface area contributed by atoms with Gasteiger partial charge in [0.05, 0.1) is 18.5 Å². The Balaban J connectivity index is 2.03. The van der Waals surface area contributed by atoms with Crippen LogP contribution < -0.4 is 10.1 Å².